The molecule has 8 heteroatoms. The standard InChI is InChI=1S/C16H24N2O6/c1-4-10(2)14(17)16(21)24-8-7-18(22)15(20)11-5-6-12(19)13(9-11)23-3/h5-6,9-10,14,19,22H,4,7-8,17H2,1-3H3/p+1/t10?,14-/m0/s1. The number of phenolic OH excluding ortho intramolecular Hbond substituents is 1. The fraction of sp³-hybridized carbons (Fsp3) is 0.500. The summed E-state index contributed by atoms with van der Waals surface area (Å²) in [4.78, 5) is 23.8. The predicted molar refractivity (Wildman–Crippen MR) is 84.6 cm³/mol. The highest BCUT2D eigenvalue weighted by molar-refractivity contribution is 5.94. The number of aromatic hydroxyl groups is 1. The second-order valence-corrected chi connectivity index (χ2v) is 5.47. The van der Waals surface area contributed by atoms with E-state index in [0.29, 0.717) is 5.06 Å². The number of carbonyl (C=O) groups is 2. The topological polar surface area (TPSA) is 124 Å². The average molecular weight is 341 g/mol. The van der Waals surface area contributed by atoms with Crippen LogP contribution in [0.5, 0.6) is 11.5 Å². The maximum absolute atomic E-state index is 12.1. The molecule has 0 heterocycles. The van der Waals surface area contributed by atoms with Crippen LogP contribution in [0, 0.1) is 5.92 Å². The summed E-state index contributed by atoms with van der Waals surface area (Å²) in [6.07, 6.45) is 0.802. The van der Waals surface area contributed by atoms with Crippen molar-refractivity contribution in [3.8, 4) is 11.5 Å². The first-order valence-corrected chi connectivity index (χ1v) is 7.69. The Morgan fingerprint density at radius 3 is 2.62 bits per heavy atom. The molecule has 0 fully saturated rings. The molecule has 0 radical (unpaired) electrons. The van der Waals surface area contributed by atoms with Crippen LogP contribution in [0.2, 0.25) is 0 Å². The second-order valence-electron chi connectivity index (χ2n) is 5.47. The molecule has 0 saturated carbocycles. The summed E-state index contributed by atoms with van der Waals surface area (Å²) in [5, 5.41) is 19.7. The summed E-state index contributed by atoms with van der Waals surface area (Å²) < 4.78 is 9.94. The van der Waals surface area contributed by atoms with Gasteiger partial charge in [0.2, 0.25) is 0 Å². The number of phenols is 1. The van der Waals surface area contributed by atoms with Crippen molar-refractivity contribution >= 4 is 11.9 Å². The Labute approximate surface area is 140 Å². The minimum atomic E-state index is -0.697. The molecule has 0 aliphatic rings. The van der Waals surface area contributed by atoms with E-state index < -0.39 is 17.9 Å². The Morgan fingerprint density at radius 2 is 2.04 bits per heavy atom. The molecular formula is C16H25N2O6+. The van der Waals surface area contributed by atoms with Gasteiger partial charge in [-0.1, -0.05) is 13.8 Å². The van der Waals surface area contributed by atoms with E-state index in [2.05, 4.69) is 5.73 Å². The number of amides is 1. The van der Waals surface area contributed by atoms with Crippen molar-refractivity contribution in [1.82, 2.24) is 5.06 Å². The second kappa shape index (κ2) is 9.09. The summed E-state index contributed by atoms with van der Waals surface area (Å²) in [5.74, 6) is -1.06. The summed E-state index contributed by atoms with van der Waals surface area (Å²) in [6, 6.07) is 3.46. The van der Waals surface area contributed by atoms with Gasteiger partial charge < -0.3 is 20.3 Å². The van der Waals surface area contributed by atoms with Crippen LogP contribution in [0.3, 0.4) is 0 Å². The van der Waals surface area contributed by atoms with Crippen molar-refractivity contribution in [3.63, 3.8) is 0 Å². The molecule has 1 amide bonds. The molecule has 0 spiro atoms. The molecule has 1 rings (SSSR count). The van der Waals surface area contributed by atoms with Crippen molar-refractivity contribution in [2.45, 2.75) is 26.3 Å². The quantitative estimate of drug-likeness (QED) is 0.358. The van der Waals surface area contributed by atoms with Gasteiger partial charge >= 0.3 is 5.97 Å². The first-order valence-electron chi connectivity index (χ1n) is 7.69. The molecule has 5 N–H and O–H groups in total. The van der Waals surface area contributed by atoms with Gasteiger partial charge in [0.15, 0.2) is 17.5 Å². The maximum Gasteiger partial charge on any atom is 0.365 e. The van der Waals surface area contributed by atoms with Crippen molar-refractivity contribution in [1.29, 1.82) is 0 Å². The van der Waals surface area contributed by atoms with E-state index in [1.807, 2.05) is 13.8 Å². The molecule has 0 aromatic heterocycles. The Balaban J connectivity index is 2.55. The van der Waals surface area contributed by atoms with Gasteiger partial charge in [0.05, 0.1) is 13.7 Å². The zero-order valence-corrected chi connectivity index (χ0v) is 14.2. The Bertz CT molecular complexity index is 578. The zero-order valence-electron chi connectivity index (χ0n) is 14.2. The minimum absolute atomic E-state index is 0.0915. The Hall–Kier alpha value is -2.32. The van der Waals surface area contributed by atoms with Crippen LogP contribution in [0.25, 0.3) is 0 Å². The molecule has 8 nitrogen and oxygen atoms in total. The SMILES string of the molecule is CCC(C)[C@H]([NH3+])C(=O)OCCN(O)C(=O)c1ccc(O)c(OC)c1. The van der Waals surface area contributed by atoms with Crippen LogP contribution < -0.4 is 10.5 Å². The monoisotopic (exact) mass is 341 g/mol. The smallest absolute Gasteiger partial charge is 0.365 e. The largest absolute Gasteiger partial charge is 0.504 e. The van der Waals surface area contributed by atoms with E-state index in [1.165, 1.54) is 25.3 Å². The first-order chi connectivity index (χ1) is 11.3. The van der Waals surface area contributed by atoms with Crippen molar-refractivity contribution < 1.29 is 35.1 Å². The first kappa shape index (κ1) is 19.7. The molecule has 0 aliphatic heterocycles. The van der Waals surface area contributed by atoms with E-state index >= 15 is 0 Å². The Morgan fingerprint density at radius 1 is 1.38 bits per heavy atom. The van der Waals surface area contributed by atoms with E-state index in [1.54, 1.807) is 0 Å². The molecular weight excluding hydrogens is 316 g/mol. The number of nitrogens with zero attached hydrogens (tertiary/aromatic N) is 1. The minimum Gasteiger partial charge on any atom is -0.504 e. The third kappa shape index (κ3) is 5.10. The van der Waals surface area contributed by atoms with E-state index in [0.717, 1.165) is 6.42 Å². The number of carbonyl (C=O) groups excluding carboxylic acids is 2. The zero-order chi connectivity index (χ0) is 18.3. The summed E-state index contributed by atoms with van der Waals surface area (Å²) in [7, 11) is 1.35. The highest BCUT2D eigenvalue weighted by atomic mass is 16.5. The van der Waals surface area contributed by atoms with E-state index in [4.69, 9.17) is 9.47 Å². The highest BCUT2D eigenvalue weighted by Gasteiger charge is 2.25. The van der Waals surface area contributed by atoms with Gasteiger partial charge in [-0.3, -0.25) is 10.0 Å². The molecule has 1 unspecified atom stereocenters. The van der Waals surface area contributed by atoms with Crippen LogP contribution in [0.4, 0.5) is 0 Å². The number of esters is 1. The third-order valence-electron chi connectivity index (χ3n) is 3.84. The average Bonchev–Trinajstić information content (AvgIpc) is 2.59. The van der Waals surface area contributed by atoms with Gasteiger partial charge in [-0.25, -0.2) is 9.86 Å². The van der Waals surface area contributed by atoms with Gasteiger partial charge in [-0.15, -0.1) is 0 Å². The van der Waals surface area contributed by atoms with Crippen LogP contribution in [0.1, 0.15) is 30.6 Å². The highest BCUT2D eigenvalue weighted by Crippen LogP contribution is 2.26. The molecule has 2 atom stereocenters. The van der Waals surface area contributed by atoms with Gasteiger partial charge in [-0.05, 0) is 24.6 Å². The number of hydrogen-bond donors (Lipinski definition) is 3. The fourth-order valence-electron chi connectivity index (χ4n) is 1.92. The Kier molecular flexibility index (Phi) is 7.47. The number of hydrogen-bond acceptors (Lipinski definition) is 6. The van der Waals surface area contributed by atoms with Gasteiger partial charge in [0, 0.05) is 11.5 Å². The van der Waals surface area contributed by atoms with Crippen LogP contribution in [0.15, 0.2) is 18.2 Å². The van der Waals surface area contributed by atoms with Crippen molar-refractivity contribution in [3.05, 3.63) is 23.8 Å². The summed E-state index contributed by atoms with van der Waals surface area (Å²) >= 11 is 0. The van der Waals surface area contributed by atoms with Gasteiger partial charge in [-0.2, -0.15) is 0 Å². The molecule has 0 bridgehead atoms. The lowest BCUT2D eigenvalue weighted by Crippen LogP contribution is -2.68. The fourth-order valence-corrected chi connectivity index (χ4v) is 1.92. The van der Waals surface area contributed by atoms with Crippen LogP contribution in [-0.2, 0) is 9.53 Å². The van der Waals surface area contributed by atoms with E-state index in [9.17, 15) is 19.9 Å². The van der Waals surface area contributed by atoms with Crippen molar-refractivity contribution in [2.24, 2.45) is 5.92 Å². The van der Waals surface area contributed by atoms with Crippen molar-refractivity contribution in [2.75, 3.05) is 20.3 Å². The lowest BCUT2D eigenvalue weighted by Gasteiger charge is -2.17. The predicted octanol–water partition coefficient (Wildman–Crippen LogP) is 0.432. The normalized spacial score (nSPS) is 13.0. The number of ether oxygens (including phenoxy) is 2. The summed E-state index contributed by atoms with van der Waals surface area (Å²) in [5.41, 5.74) is 3.89. The number of methoxy groups -OCH3 is 1. The third-order valence-corrected chi connectivity index (χ3v) is 3.84. The maximum atomic E-state index is 12.1. The molecule has 0 aliphatic carbocycles. The summed E-state index contributed by atoms with van der Waals surface area (Å²) in [6.45, 7) is 3.54. The van der Waals surface area contributed by atoms with Gasteiger partial charge in [0.1, 0.15) is 6.61 Å². The lowest BCUT2D eigenvalue weighted by atomic mass is 10.0. The number of quaternary nitrogens is 1. The molecule has 1 aromatic rings. The number of benzene rings is 1. The molecule has 134 valence electrons. The molecule has 0 saturated heterocycles. The van der Waals surface area contributed by atoms with Crippen LogP contribution >= 0.6 is 0 Å². The van der Waals surface area contributed by atoms with Gasteiger partial charge in [0.25, 0.3) is 5.91 Å². The molecule has 1 aromatic carbocycles. The number of rotatable bonds is 8. The number of hydroxylamine groups is 2. The van der Waals surface area contributed by atoms with Crippen LogP contribution in [-0.4, -0.2) is 53.6 Å². The van der Waals surface area contributed by atoms with E-state index in [-0.39, 0.29) is 36.1 Å². The lowest BCUT2D eigenvalue weighted by molar-refractivity contribution is -0.420. The molecule has 24 heavy (non-hydrogen) atoms.